The van der Waals surface area contributed by atoms with Gasteiger partial charge in [0.25, 0.3) is 0 Å². The number of carboxylic acid groups (broad SMARTS) is 1. The normalized spacial score (nSPS) is 24.2. The van der Waals surface area contributed by atoms with Gasteiger partial charge in [-0.2, -0.15) is 0 Å². The van der Waals surface area contributed by atoms with Crippen LogP contribution in [-0.4, -0.2) is 16.9 Å². The van der Waals surface area contributed by atoms with Gasteiger partial charge in [-0.3, -0.25) is 9.59 Å². The van der Waals surface area contributed by atoms with E-state index in [2.05, 4.69) is 6.58 Å². The van der Waals surface area contributed by atoms with Gasteiger partial charge in [0.15, 0.2) is 5.78 Å². The van der Waals surface area contributed by atoms with Crippen molar-refractivity contribution in [3.8, 4) is 0 Å². The first kappa shape index (κ1) is 7.98. The van der Waals surface area contributed by atoms with Crippen LogP contribution in [0.3, 0.4) is 0 Å². The molecule has 0 radical (unpaired) electrons. The third-order valence-corrected chi connectivity index (χ3v) is 1.93. The van der Waals surface area contributed by atoms with Gasteiger partial charge in [-0.25, -0.2) is 0 Å². The summed E-state index contributed by atoms with van der Waals surface area (Å²) in [5, 5.41) is 8.40. The van der Waals surface area contributed by atoms with Crippen molar-refractivity contribution >= 4 is 11.8 Å². The molecule has 1 aliphatic rings. The molecule has 1 atom stereocenters. The summed E-state index contributed by atoms with van der Waals surface area (Å²) >= 11 is 0. The van der Waals surface area contributed by atoms with Gasteiger partial charge in [-0.1, -0.05) is 6.58 Å². The molecule has 1 rings (SSSR count). The van der Waals surface area contributed by atoms with Gasteiger partial charge in [0, 0.05) is 5.92 Å². The Morgan fingerprint density at radius 3 is 2.73 bits per heavy atom. The molecule has 0 aromatic carbocycles. The highest BCUT2D eigenvalue weighted by Gasteiger charge is 2.29. The lowest BCUT2D eigenvalue weighted by atomic mass is 10.0. The van der Waals surface area contributed by atoms with Gasteiger partial charge in [-0.05, 0) is 18.4 Å². The van der Waals surface area contributed by atoms with Crippen molar-refractivity contribution in [1.82, 2.24) is 0 Å². The molecule has 11 heavy (non-hydrogen) atoms. The first-order valence-corrected chi connectivity index (χ1v) is 3.55. The average molecular weight is 154 g/mol. The number of carbonyl (C=O) groups excluding carboxylic acids is 1. The Kier molecular flexibility index (Phi) is 2.08. The van der Waals surface area contributed by atoms with Crippen LogP contribution < -0.4 is 0 Å². The van der Waals surface area contributed by atoms with E-state index < -0.39 is 5.97 Å². The lowest BCUT2D eigenvalue weighted by Crippen LogP contribution is -2.12. The highest BCUT2D eigenvalue weighted by molar-refractivity contribution is 6.00. The Morgan fingerprint density at radius 2 is 2.36 bits per heavy atom. The second-order valence-electron chi connectivity index (χ2n) is 2.80. The zero-order chi connectivity index (χ0) is 8.43. The number of allylic oxidation sites excluding steroid dienone is 1. The van der Waals surface area contributed by atoms with Crippen molar-refractivity contribution in [2.75, 3.05) is 0 Å². The van der Waals surface area contributed by atoms with Crippen molar-refractivity contribution < 1.29 is 14.7 Å². The molecular formula is C8H10O3. The summed E-state index contributed by atoms with van der Waals surface area (Å²) in [4.78, 5) is 21.3. The predicted octanol–water partition coefficient (Wildman–Crippen LogP) is 0.996. The maximum atomic E-state index is 11.1. The zero-order valence-corrected chi connectivity index (χ0v) is 6.17. The molecule has 0 amide bonds. The summed E-state index contributed by atoms with van der Waals surface area (Å²) in [6.07, 6.45) is 1.28. The SMILES string of the molecule is C=C1CCC(CC(=O)O)C1=O. The number of hydrogen-bond acceptors (Lipinski definition) is 2. The molecule has 0 saturated heterocycles. The molecule has 0 bridgehead atoms. The Balaban J connectivity index is 2.55. The summed E-state index contributed by atoms with van der Waals surface area (Å²) in [7, 11) is 0. The molecule has 0 spiro atoms. The van der Waals surface area contributed by atoms with E-state index in [0.29, 0.717) is 18.4 Å². The summed E-state index contributed by atoms with van der Waals surface area (Å²) in [5.74, 6) is -1.27. The van der Waals surface area contributed by atoms with E-state index in [1.54, 1.807) is 0 Å². The Bertz CT molecular complexity index is 217. The molecule has 60 valence electrons. The number of Topliss-reactive ketones (excluding diaryl/α,β-unsaturated/α-hetero) is 1. The number of rotatable bonds is 2. The lowest BCUT2D eigenvalue weighted by Gasteiger charge is -2.00. The summed E-state index contributed by atoms with van der Waals surface area (Å²) in [6.45, 7) is 3.55. The van der Waals surface area contributed by atoms with Crippen LogP contribution in [0.2, 0.25) is 0 Å². The molecule has 3 heteroatoms. The number of ketones is 1. The molecule has 3 nitrogen and oxygen atoms in total. The van der Waals surface area contributed by atoms with Gasteiger partial charge >= 0.3 is 5.97 Å². The molecular weight excluding hydrogens is 144 g/mol. The van der Waals surface area contributed by atoms with Crippen molar-refractivity contribution in [1.29, 1.82) is 0 Å². The molecule has 0 heterocycles. The Morgan fingerprint density at radius 1 is 1.73 bits per heavy atom. The minimum absolute atomic E-state index is 0.0438. The minimum atomic E-state index is -0.905. The standard InChI is InChI=1S/C8H10O3/c1-5-2-3-6(8(5)11)4-7(9)10/h6H,1-4H2,(H,9,10). The quantitative estimate of drug-likeness (QED) is 0.603. The van der Waals surface area contributed by atoms with Crippen LogP contribution in [0.4, 0.5) is 0 Å². The van der Waals surface area contributed by atoms with E-state index in [-0.39, 0.29) is 18.1 Å². The van der Waals surface area contributed by atoms with E-state index in [1.807, 2.05) is 0 Å². The van der Waals surface area contributed by atoms with Gasteiger partial charge in [0.2, 0.25) is 0 Å². The largest absolute Gasteiger partial charge is 0.481 e. The highest BCUT2D eigenvalue weighted by atomic mass is 16.4. The predicted molar refractivity (Wildman–Crippen MR) is 39.1 cm³/mol. The summed E-state index contributed by atoms with van der Waals surface area (Å²) in [5.41, 5.74) is 0.580. The Hall–Kier alpha value is -1.12. The first-order chi connectivity index (χ1) is 5.11. The maximum Gasteiger partial charge on any atom is 0.304 e. The second kappa shape index (κ2) is 2.86. The van der Waals surface area contributed by atoms with E-state index in [1.165, 1.54) is 0 Å². The molecule has 1 N–H and O–H groups in total. The maximum absolute atomic E-state index is 11.1. The molecule has 1 fully saturated rings. The number of aliphatic carboxylic acids is 1. The highest BCUT2D eigenvalue weighted by Crippen LogP contribution is 2.27. The van der Waals surface area contributed by atoms with Crippen molar-refractivity contribution in [2.24, 2.45) is 5.92 Å². The smallest absolute Gasteiger partial charge is 0.304 e. The zero-order valence-electron chi connectivity index (χ0n) is 6.17. The third-order valence-electron chi connectivity index (χ3n) is 1.93. The van der Waals surface area contributed by atoms with Crippen LogP contribution in [0, 0.1) is 5.92 Å². The average Bonchev–Trinajstić information content (AvgIpc) is 2.18. The third kappa shape index (κ3) is 1.67. The number of carbonyl (C=O) groups is 2. The molecule has 0 aliphatic heterocycles. The van der Waals surface area contributed by atoms with E-state index in [9.17, 15) is 9.59 Å². The second-order valence-corrected chi connectivity index (χ2v) is 2.80. The lowest BCUT2D eigenvalue weighted by molar-refractivity contribution is -0.139. The number of carboxylic acids is 1. The number of hydrogen-bond donors (Lipinski definition) is 1. The van der Waals surface area contributed by atoms with Crippen LogP contribution in [0.1, 0.15) is 19.3 Å². The van der Waals surface area contributed by atoms with Gasteiger partial charge < -0.3 is 5.11 Å². The van der Waals surface area contributed by atoms with Gasteiger partial charge in [0.05, 0.1) is 6.42 Å². The van der Waals surface area contributed by atoms with E-state index in [4.69, 9.17) is 5.11 Å². The molecule has 1 saturated carbocycles. The van der Waals surface area contributed by atoms with Crippen molar-refractivity contribution in [2.45, 2.75) is 19.3 Å². The van der Waals surface area contributed by atoms with Crippen molar-refractivity contribution in [3.05, 3.63) is 12.2 Å². The van der Waals surface area contributed by atoms with Crippen LogP contribution in [0.25, 0.3) is 0 Å². The van der Waals surface area contributed by atoms with Crippen LogP contribution in [-0.2, 0) is 9.59 Å². The fraction of sp³-hybridized carbons (Fsp3) is 0.500. The Labute approximate surface area is 64.7 Å². The van der Waals surface area contributed by atoms with Gasteiger partial charge in [-0.15, -0.1) is 0 Å². The van der Waals surface area contributed by atoms with E-state index >= 15 is 0 Å². The summed E-state index contributed by atoms with van der Waals surface area (Å²) < 4.78 is 0. The summed E-state index contributed by atoms with van der Waals surface area (Å²) in [6, 6.07) is 0. The minimum Gasteiger partial charge on any atom is -0.481 e. The molecule has 0 aromatic heterocycles. The van der Waals surface area contributed by atoms with E-state index in [0.717, 1.165) is 0 Å². The monoisotopic (exact) mass is 154 g/mol. The molecule has 0 aromatic rings. The topological polar surface area (TPSA) is 54.4 Å². The first-order valence-electron chi connectivity index (χ1n) is 3.55. The fourth-order valence-corrected chi connectivity index (χ4v) is 1.30. The van der Waals surface area contributed by atoms with Gasteiger partial charge in [0.1, 0.15) is 0 Å². The van der Waals surface area contributed by atoms with Crippen LogP contribution >= 0.6 is 0 Å². The van der Waals surface area contributed by atoms with Crippen LogP contribution in [0.5, 0.6) is 0 Å². The van der Waals surface area contributed by atoms with Crippen molar-refractivity contribution in [3.63, 3.8) is 0 Å². The molecule has 1 aliphatic carbocycles. The molecule has 1 unspecified atom stereocenters. The van der Waals surface area contributed by atoms with Crippen LogP contribution in [0.15, 0.2) is 12.2 Å². The fourth-order valence-electron chi connectivity index (χ4n) is 1.30.